The summed E-state index contributed by atoms with van der Waals surface area (Å²) >= 11 is 1.82. The Hall–Kier alpha value is -1.03. The number of nitrogens with zero attached hydrogens (tertiary/aromatic N) is 1. The van der Waals surface area contributed by atoms with Crippen molar-refractivity contribution in [3.63, 3.8) is 0 Å². The third-order valence-corrected chi connectivity index (χ3v) is 4.01. The molecule has 1 aromatic heterocycles. The van der Waals surface area contributed by atoms with Crippen molar-refractivity contribution in [3.8, 4) is 0 Å². The van der Waals surface area contributed by atoms with Gasteiger partial charge in [0.1, 0.15) is 11.5 Å². The number of hydrogen-bond donors (Lipinski definition) is 2. The van der Waals surface area contributed by atoms with E-state index in [1.165, 1.54) is 25.7 Å². The van der Waals surface area contributed by atoms with E-state index in [0.717, 1.165) is 4.90 Å². The summed E-state index contributed by atoms with van der Waals surface area (Å²) in [5.74, 6) is 0.0658. The molecule has 4 heteroatoms. The van der Waals surface area contributed by atoms with Gasteiger partial charge >= 0.3 is 0 Å². The molecule has 3 N–H and O–H groups in total. The fourth-order valence-corrected chi connectivity index (χ4v) is 3.23. The Bertz CT molecular complexity index is 359. The van der Waals surface area contributed by atoms with Gasteiger partial charge in [-0.25, -0.2) is 0 Å². The number of aromatic nitrogens is 1. The number of nitrogens with two attached hydrogens (primary N) is 1. The van der Waals surface area contributed by atoms with Gasteiger partial charge in [0, 0.05) is 16.3 Å². The lowest BCUT2D eigenvalue weighted by Crippen LogP contribution is -2.14. The van der Waals surface area contributed by atoms with E-state index >= 15 is 0 Å². The summed E-state index contributed by atoms with van der Waals surface area (Å²) in [5, 5.41) is 8.14. The number of pyridine rings is 1. The average Bonchev–Trinajstić information content (AvgIpc) is 2.71. The van der Waals surface area contributed by atoms with Crippen LogP contribution in [0.25, 0.3) is 0 Å². The Morgan fingerprint density at radius 3 is 2.87 bits per heavy atom. The summed E-state index contributed by atoms with van der Waals surface area (Å²) in [5.41, 5.74) is 6.13. The van der Waals surface area contributed by atoms with E-state index in [2.05, 4.69) is 4.98 Å². The predicted octanol–water partition coefficient (Wildman–Crippen LogP) is 2.40. The highest BCUT2D eigenvalue weighted by Gasteiger charge is 2.18. The number of rotatable bonds is 3. The zero-order valence-electron chi connectivity index (χ0n) is 8.57. The minimum atomic E-state index is 0.0658. The molecular formula is C11H15N3S. The van der Waals surface area contributed by atoms with Crippen LogP contribution in [0.1, 0.15) is 31.4 Å². The fraction of sp³-hybridized carbons (Fsp3) is 0.455. The number of nitrogen functional groups attached to an aromatic ring is 1. The molecule has 1 aliphatic carbocycles. The van der Waals surface area contributed by atoms with Crippen LogP contribution in [-0.2, 0) is 0 Å². The van der Waals surface area contributed by atoms with Crippen molar-refractivity contribution in [1.29, 1.82) is 5.41 Å². The average molecular weight is 221 g/mol. The van der Waals surface area contributed by atoms with Gasteiger partial charge in [-0.05, 0) is 25.0 Å². The highest BCUT2D eigenvalue weighted by Crippen LogP contribution is 2.35. The molecule has 0 amide bonds. The maximum atomic E-state index is 7.45. The summed E-state index contributed by atoms with van der Waals surface area (Å²) < 4.78 is 0. The first-order valence-electron chi connectivity index (χ1n) is 5.23. The largest absolute Gasteiger partial charge is 0.382 e. The van der Waals surface area contributed by atoms with Crippen LogP contribution in [0.3, 0.4) is 0 Å². The van der Waals surface area contributed by atoms with Crippen molar-refractivity contribution in [2.75, 3.05) is 0 Å². The highest BCUT2D eigenvalue weighted by atomic mass is 32.2. The normalized spacial score (nSPS) is 16.8. The number of nitrogens with one attached hydrogen (secondary N) is 1. The van der Waals surface area contributed by atoms with Gasteiger partial charge in [0.25, 0.3) is 0 Å². The second kappa shape index (κ2) is 4.66. The van der Waals surface area contributed by atoms with Crippen LogP contribution in [0, 0.1) is 5.41 Å². The first kappa shape index (κ1) is 10.5. The summed E-state index contributed by atoms with van der Waals surface area (Å²) in [7, 11) is 0. The minimum Gasteiger partial charge on any atom is -0.382 e. The molecule has 2 rings (SSSR count). The first-order valence-corrected chi connectivity index (χ1v) is 6.11. The maximum Gasteiger partial charge on any atom is 0.142 e. The molecule has 1 fully saturated rings. The van der Waals surface area contributed by atoms with Crippen molar-refractivity contribution < 1.29 is 0 Å². The predicted molar refractivity (Wildman–Crippen MR) is 63.4 cm³/mol. The smallest absolute Gasteiger partial charge is 0.142 e. The summed E-state index contributed by atoms with van der Waals surface area (Å²) in [6, 6.07) is 3.91. The minimum absolute atomic E-state index is 0.0658. The molecule has 0 aliphatic heterocycles. The van der Waals surface area contributed by atoms with Gasteiger partial charge in [-0.15, -0.1) is 11.8 Å². The lowest BCUT2D eigenvalue weighted by molar-refractivity contribution is 0.886. The molecule has 1 aromatic rings. The van der Waals surface area contributed by atoms with Gasteiger partial charge in [-0.2, -0.15) is 0 Å². The van der Waals surface area contributed by atoms with E-state index in [-0.39, 0.29) is 5.84 Å². The van der Waals surface area contributed by atoms with Crippen molar-refractivity contribution in [2.24, 2.45) is 5.73 Å². The monoisotopic (exact) mass is 221 g/mol. The summed E-state index contributed by atoms with van der Waals surface area (Å²) in [4.78, 5) is 5.20. The molecule has 1 heterocycles. The molecule has 0 atom stereocenters. The van der Waals surface area contributed by atoms with Gasteiger partial charge in [0.2, 0.25) is 0 Å². The van der Waals surface area contributed by atoms with Gasteiger partial charge < -0.3 is 5.73 Å². The van der Waals surface area contributed by atoms with Crippen LogP contribution in [0.5, 0.6) is 0 Å². The standard InChI is InChI=1S/C11H15N3S/c12-11(13)10-9(6-3-7-14-10)15-8-4-1-2-5-8/h3,6-8H,1-2,4-5H2,(H3,12,13). The van der Waals surface area contributed by atoms with Crippen LogP contribution >= 0.6 is 11.8 Å². The molecular weight excluding hydrogens is 206 g/mol. The van der Waals surface area contributed by atoms with E-state index in [9.17, 15) is 0 Å². The van der Waals surface area contributed by atoms with Crippen LogP contribution in [0.2, 0.25) is 0 Å². The van der Waals surface area contributed by atoms with E-state index in [4.69, 9.17) is 11.1 Å². The summed E-state index contributed by atoms with van der Waals surface area (Å²) in [6.07, 6.45) is 6.89. The van der Waals surface area contributed by atoms with E-state index in [1.807, 2.05) is 23.9 Å². The first-order chi connectivity index (χ1) is 7.27. The van der Waals surface area contributed by atoms with E-state index in [0.29, 0.717) is 10.9 Å². The van der Waals surface area contributed by atoms with Crippen molar-refractivity contribution in [2.45, 2.75) is 35.8 Å². The molecule has 1 saturated carbocycles. The molecule has 0 bridgehead atoms. The Morgan fingerprint density at radius 2 is 2.20 bits per heavy atom. The van der Waals surface area contributed by atoms with Crippen LogP contribution in [0.4, 0.5) is 0 Å². The Labute approximate surface area is 94.0 Å². The SMILES string of the molecule is N=C(N)c1ncccc1SC1CCCC1. The van der Waals surface area contributed by atoms with E-state index in [1.54, 1.807) is 6.20 Å². The third kappa shape index (κ3) is 2.50. The molecule has 1 aliphatic rings. The molecule has 3 nitrogen and oxygen atoms in total. The van der Waals surface area contributed by atoms with Crippen molar-refractivity contribution in [1.82, 2.24) is 4.98 Å². The maximum absolute atomic E-state index is 7.45. The lowest BCUT2D eigenvalue weighted by Gasteiger charge is -2.11. The molecule has 0 radical (unpaired) electrons. The van der Waals surface area contributed by atoms with Gasteiger partial charge in [-0.1, -0.05) is 12.8 Å². The molecule has 0 spiro atoms. The number of hydrogen-bond acceptors (Lipinski definition) is 3. The number of amidine groups is 1. The second-order valence-electron chi connectivity index (χ2n) is 3.79. The van der Waals surface area contributed by atoms with Gasteiger partial charge in [0.05, 0.1) is 0 Å². The van der Waals surface area contributed by atoms with Gasteiger partial charge in [0.15, 0.2) is 0 Å². The zero-order valence-corrected chi connectivity index (χ0v) is 9.39. The Morgan fingerprint density at radius 1 is 1.47 bits per heavy atom. The molecule has 0 saturated heterocycles. The molecule has 0 unspecified atom stereocenters. The van der Waals surface area contributed by atoms with Gasteiger partial charge in [-0.3, -0.25) is 10.4 Å². The number of thioether (sulfide) groups is 1. The quantitative estimate of drug-likeness (QED) is 0.608. The molecule has 15 heavy (non-hydrogen) atoms. The van der Waals surface area contributed by atoms with Crippen LogP contribution < -0.4 is 5.73 Å². The molecule has 0 aromatic carbocycles. The van der Waals surface area contributed by atoms with Crippen LogP contribution in [0.15, 0.2) is 23.2 Å². The van der Waals surface area contributed by atoms with Crippen LogP contribution in [-0.4, -0.2) is 16.1 Å². The lowest BCUT2D eigenvalue weighted by atomic mass is 10.3. The van der Waals surface area contributed by atoms with Crippen molar-refractivity contribution in [3.05, 3.63) is 24.0 Å². The summed E-state index contributed by atoms with van der Waals surface area (Å²) in [6.45, 7) is 0. The Kier molecular flexibility index (Phi) is 3.26. The fourth-order valence-electron chi connectivity index (χ4n) is 1.87. The second-order valence-corrected chi connectivity index (χ2v) is 5.13. The highest BCUT2D eigenvalue weighted by molar-refractivity contribution is 8.00. The topological polar surface area (TPSA) is 62.8 Å². The zero-order chi connectivity index (χ0) is 10.7. The Balaban J connectivity index is 2.15. The van der Waals surface area contributed by atoms with Crippen molar-refractivity contribution >= 4 is 17.6 Å². The van der Waals surface area contributed by atoms with E-state index < -0.39 is 0 Å². The molecule has 80 valence electrons. The third-order valence-electron chi connectivity index (χ3n) is 2.62.